The van der Waals surface area contributed by atoms with Gasteiger partial charge in [0.25, 0.3) is 0 Å². The average molecular weight is 223 g/mol. The molecular formula is C12H17NO3. The Bertz CT molecular complexity index is 375. The fourth-order valence-corrected chi connectivity index (χ4v) is 1.25. The van der Waals surface area contributed by atoms with Gasteiger partial charge in [-0.3, -0.25) is 0 Å². The first-order valence-electron chi connectivity index (χ1n) is 5.26. The molecule has 0 amide bonds. The lowest BCUT2D eigenvalue weighted by Gasteiger charge is -2.10. The van der Waals surface area contributed by atoms with E-state index < -0.39 is 5.97 Å². The largest absolute Gasteiger partial charge is 0.493 e. The van der Waals surface area contributed by atoms with E-state index >= 15 is 0 Å². The number of carbonyl (C=O) groups is 1. The summed E-state index contributed by atoms with van der Waals surface area (Å²) in [5.74, 6) is -0.115. The number of carboxylic acids is 1. The fourth-order valence-electron chi connectivity index (χ4n) is 1.25. The van der Waals surface area contributed by atoms with Gasteiger partial charge in [0.2, 0.25) is 0 Å². The van der Waals surface area contributed by atoms with E-state index in [2.05, 4.69) is 13.8 Å². The van der Waals surface area contributed by atoms with Crippen LogP contribution in [0.5, 0.6) is 5.75 Å². The summed E-state index contributed by atoms with van der Waals surface area (Å²) in [6, 6.07) is 4.64. The molecule has 0 aliphatic heterocycles. The smallest absolute Gasteiger partial charge is 0.339 e. The first-order chi connectivity index (χ1) is 7.50. The van der Waals surface area contributed by atoms with Crippen LogP contribution in [0.15, 0.2) is 18.2 Å². The Morgan fingerprint density at radius 2 is 2.19 bits per heavy atom. The molecule has 0 atom stereocenters. The molecule has 0 unspecified atom stereocenters. The van der Waals surface area contributed by atoms with Gasteiger partial charge in [0.05, 0.1) is 6.61 Å². The minimum Gasteiger partial charge on any atom is -0.493 e. The third-order valence-corrected chi connectivity index (χ3v) is 2.19. The van der Waals surface area contributed by atoms with Crippen LogP contribution < -0.4 is 10.5 Å². The number of nitrogens with two attached hydrogens (primary N) is 1. The van der Waals surface area contributed by atoms with E-state index in [1.54, 1.807) is 12.1 Å². The maximum absolute atomic E-state index is 10.9. The number of hydrogen-bond acceptors (Lipinski definition) is 3. The number of benzene rings is 1. The molecule has 0 fully saturated rings. The van der Waals surface area contributed by atoms with Crippen molar-refractivity contribution in [3.63, 3.8) is 0 Å². The Balaban J connectivity index is 2.75. The van der Waals surface area contributed by atoms with E-state index in [0.29, 0.717) is 24.0 Å². The van der Waals surface area contributed by atoms with Crippen molar-refractivity contribution in [1.29, 1.82) is 0 Å². The number of hydrogen-bond donors (Lipinski definition) is 2. The monoisotopic (exact) mass is 223 g/mol. The zero-order valence-corrected chi connectivity index (χ0v) is 9.56. The molecule has 1 aromatic carbocycles. The van der Waals surface area contributed by atoms with Crippen LogP contribution in [-0.4, -0.2) is 17.7 Å². The van der Waals surface area contributed by atoms with E-state index in [9.17, 15) is 4.79 Å². The Hall–Kier alpha value is -1.71. The summed E-state index contributed by atoms with van der Waals surface area (Å²) >= 11 is 0. The predicted molar refractivity (Wildman–Crippen MR) is 62.8 cm³/mol. The zero-order valence-electron chi connectivity index (χ0n) is 9.56. The molecule has 0 aliphatic carbocycles. The molecule has 16 heavy (non-hydrogen) atoms. The van der Waals surface area contributed by atoms with Crippen molar-refractivity contribution in [3.05, 3.63) is 23.8 Å². The lowest BCUT2D eigenvalue weighted by atomic mass is 10.1. The topological polar surface area (TPSA) is 72.5 Å². The molecule has 1 aromatic rings. The maximum atomic E-state index is 10.9. The van der Waals surface area contributed by atoms with Gasteiger partial charge in [-0.2, -0.15) is 0 Å². The van der Waals surface area contributed by atoms with Crippen LogP contribution in [0.3, 0.4) is 0 Å². The van der Waals surface area contributed by atoms with E-state index in [1.807, 2.05) is 0 Å². The molecule has 4 heteroatoms. The van der Waals surface area contributed by atoms with Crippen LogP contribution in [-0.2, 0) is 0 Å². The van der Waals surface area contributed by atoms with Crippen LogP contribution in [0, 0.1) is 5.92 Å². The quantitative estimate of drug-likeness (QED) is 0.752. The third-order valence-electron chi connectivity index (χ3n) is 2.19. The molecule has 88 valence electrons. The highest BCUT2D eigenvalue weighted by Gasteiger charge is 2.11. The Labute approximate surface area is 95.0 Å². The Morgan fingerprint density at radius 3 is 2.75 bits per heavy atom. The molecule has 0 bridgehead atoms. The second-order valence-corrected chi connectivity index (χ2v) is 4.09. The highest BCUT2D eigenvalue weighted by Crippen LogP contribution is 2.21. The second-order valence-electron chi connectivity index (χ2n) is 4.09. The molecule has 4 nitrogen and oxygen atoms in total. The van der Waals surface area contributed by atoms with Gasteiger partial charge < -0.3 is 15.6 Å². The molecule has 0 aromatic heterocycles. The van der Waals surface area contributed by atoms with Gasteiger partial charge in [0.15, 0.2) is 0 Å². The van der Waals surface area contributed by atoms with Gasteiger partial charge >= 0.3 is 5.97 Å². The number of carboxylic acid groups (broad SMARTS) is 1. The number of nitrogen functional groups attached to an aromatic ring is 1. The minimum absolute atomic E-state index is 0.115. The summed E-state index contributed by atoms with van der Waals surface area (Å²) in [6.45, 7) is 4.69. The summed E-state index contributed by atoms with van der Waals surface area (Å²) < 4.78 is 5.43. The summed E-state index contributed by atoms with van der Waals surface area (Å²) in [4.78, 5) is 10.9. The average Bonchev–Trinajstić information content (AvgIpc) is 2.19. The maximum Gasteiger partial charge on any atom is 0.339 e. The molecule has 0 heterocycles. The van der Waals surface area contributed by atoms with E-state index in [-0.39, 0.29) is 5.56 Å². The number of aromatic carboxylic acids is 1. The first-order valence-corrected chi connectivity index (χ1v) is 5.26. The van der Waals surface area contributed by atoms with Crippen LogP contribution in [0.25, 0.3) is 0 Å². The van der Waals surface area contributed by atoms with E-state index in [4.69, 9.17) is 15.6 Å². The summed E-state index contributed by atoms with van der Waals surface area (Å²) in [6.07, 6.45) is 0.892. The Morgan fingerprint density at radius 1 is 1.50 bits per heavy atom. The fraction of sp³-hybridized carbons (Fsp3) is 0.417. The van der Waals surface area contributed by atoms with Crippen molar-refractivity contribution in [2.75, 3.05) is 12.3 Å². The van der Waals surface area contributed by atoms with E-state index in [1.165, 1.54) is 6.07 Å². The van der Waals surface area contributed by atoms with Crippen LogP contribution >= 0.6 is 0 Å². The number of anilines is 1. The number of rotatable bonds is 5. The lowest BCUT2D eigenvalue weighted by molar-refractivity contribution is 0.0692. The van der Waals surface area contributed by atoms with Crippen molar-refractivity contribution in [2.45, 2.75) is 20.3 Å². The van der Waals surface area contributed by atoms with Gasteiger partial charge in [-0.15, -0.1) is 0 Å². The van der Waals surface area contributed by atoms with Crippen LogP contribution in [0.4, 0.5) is 5.69 Å². The van der Waals surface area contributed by atoms with Crippen molar-refractivity contribution in [2.24, 2.45) is 5.92 Å². The lowest BCUT2D eigenvalue weighted by Crippen LogP contribution is -2.06. The molecular weight excluding hydrogens is 206 g/mol. The summed E-state index contributed by atoms with van der Waals surface area (Å²) in [7, 11) is 0. The SMILES string of the molecule is CC(C)CCOc1ccc(N)cc1C(=O)O. The third kappa shape index (κ3) is 3.46. The Kier molecular flexibility index (Phi) is 4.17. The van der Waals surface area contributed by atoms with Crippen molar-refractivity contribution < 1.29 is 14.6 Å². The van der Waals surface area contributed by atoms with Gasteiger partial charge in [-0.05, 0) is 30.5 Å². The van der Waals surface area contributed by atoms with E-state index in [0.717, 1.165) is 6.42 Å². The number of ether oxygens (including phenoxy) is 1. The predicted octanol–water partition coefficient (Wildman–Crippen LogP) is 2.39. The minimum atomic E-state index is -1.02. The molecule has 0 saturated carbocycles. The summed E-state index contributed by atoms with van der Waals surface area (Å²) in [5, 5.41) is 8.96. The normalized spacial score (nSPS) is 10.4. The summed E-state index contributed by atoms with van der Waals surface area (Å²) in [5.41, 5.74) is 6.06. The first kappa shape index (κ1) is 12.4. The second kappa shape index (κ2) is 5.39. The van der Waals surface area contributed by atoms with Gasteiger partial charge in [0, 0.05) is 5.69 Å². The van der Waals surface area contributed by atoms with Gasteiger partial charge in [-0.25, -0.2) is 4.79 Å². The molecule has 0 spiro atoms. The standard InChI is InChI=1S/C12H17NO3/c1-8(2)5-6-16-11-4-3-9(13)7-10(11)12(14)15/h3-4,7-8H,5-6,13H2,1-2H3,(H,14,15). The molecule has 0 saturated heterocycles. The van der Waals surface area contributed by atoms with Crippen LogP contribution in [0.2, 0.25) is 0 Å². The highest BCUT2D eigenvalue weighted by atomic mass is 16.5. The van der Waals surface area contributed by atoms with Crippen molar-refractivity contribution in [3.8, 4) is 5.75 Å². The molecule has 3 N–H and O–H groups in total. The zero-order chi connectivity index (χ0) is 12.1. The molecule has 0 radical (unpaired) electrons. The van der Waals surface area contributed by atoms with Crippen molar-refractivity contribution >= 4 is 11.7 Å². The molecule has 1 rings (SSSR count). The highest BCUT2D eigenvalue weighted by molar-refractivity contribution is 5.92. The van der Waals surface area contributed by atoms with Crippen LogP contribution in [0.1, 0.15) is 30.6 Å². The van der Waals surface area contributed by atoms with Gasteiger partial charge in [-0.1, -0.05) is 13.8 Å². The molecule has 0 aliphatic rings. The van der Waals surface area contributed by atoms with Gasteiger partial charge in [0.1, 0.15) is 11.3 Å². The van der Waals surface area contributed by atoms with Crippen molar-refractivity contribution in [1.82, 2.24) is 0 Å².